The molecule has 2 aromatic heterocycles. The van der Waals surface area contributed by atoms with Crippen molar-refractivity contribution in [2.75, 3.05) is 11.1 Å². The third-order valence-corrected chi connectivity index (χ3v) is 2.09. The lowest BCUT2D eigenvalue weighted by molar-refractivity contribution is 0.102. The molecule has 2 aromatic rings. The number of hydrogen-bond donors (Lipinski definition) is 2. The summed E-state index contributed by atoms with van der Waals surface area (Å²) < 4.78 is 0. The summed E-state index contributed by atoms with van der Waals surface area (Å²) >= 11 is 5.57. The molecule has 0 bridgehead atoms. The van der Waals surface area contributed by atoms with E-state index in [1.54, 1.807) is 12.1 Å². The number of nitrogens with one attached hydrogen (secondary N) is 1. The zero-order chi connectivity index (χ0) is 12.3. The van der Waals surface area contributed by atoms with Crippen LogP contribution in [-0.4, -0.2) is 21.1 Å². The van der Waals surface area contributed by atoms with E-state index in [2.05, 4.69) is 20.5 Å². The largest absolute Gasteiger partial charge is 0.397 e. The van der Waals surface area contributed by atoms with Crippen LogP contribution >= 0.6 is 11.6 Å². The summed E-state index contributed by atoms with van der Waals surface area (Å²) in [5, 5.41) is 10.1. The van der Waals surface area contributed by atoms with Crippen molar-refractivity contribution in [3.8, 4) is 0 Å². The number of hydrogen-bond acceptors (Lipinski definition) is 5. The third kappa shape index (κ3) is 2.88. The van der Waals surface area contributed by atoms with Crippen molar-refractivity contribution < 1.29 is 4.79 Å². The molecule has 2 heterocycles. The Bertz CT molecular complexity index is 525. The van der Waals surface area contributed by atoms with Crippen molar-refractivity contribution in [1.82, 2.24) is 15.2 Å². The molecular formula is C10H8ClN5O. The van der Waals surface area contributed by atoms with Crippen LogP contribution in [0.15, 0.2) is 30.5 Å². The van der Waals surface area contributed by atoms with E-state index in [0.717, 1.165) is 0 Å². The van der Waals surface area contributed by atoms with Crippen molar-refractivity contribution in [2.24, 2.45) is 0 Å². The third-order valence-electron chi connectivity index (χ3n) is 1.89. The Morgan fingerprint density at radius 1 is 1.24 bits per heavy atom. The van der Waals surface area contributed by atoms with Gasteiger partial charge in [0.25, 0.3) is 5.91 Å². The minimum absolute atomic E-state index is 0.246. The van der Waals surface area contributed by atoms with Gasteiger partial charge >= 0.3 is 0 Å². The Labute approximate surface area is 102 Å². The van der Waals surface area contributed by atoms with Gasteiger partial charge in [0.1, 0.15) is 5.69 Å². The molecular weight excluding hydrogens is 242 g/mol. The van der Waals surface area contributed by atoms with Crippen LogP contribution in [0.2, 0.25) is 5.15 Å². The number of nitrogens with two attached hydrogens (primary N) is 1. The van der Waals surface area contributed by atoms with E-state index in [1.165, 1.54) is 18.3 Å². The minimum Gasteiger partial charge on any atom is -0.397 e. The number of rotatable bonds is 2. The first-order valence-corrected chi connectivity index (χ1v) is 5.05. The van der Waals surface area contributed by atoms with Gasteiger partial charge in [-0.25, -0.2) is 4.98 Å². The van der Waals surface area contributed by atoms with Gasteiger partial charge in [0, 0.05) is 0 Å². The van der Waals surface area contributed by atoms with Gasteiger partial charge in [0.15, 0.2) is 11.0 Å². The molecule has 0 atom stereocenters. The van der Waals surface area contributed by atoms with E-state index in [0.29, 0.717) is 11.5 Å². The van der Waals surface area contributed by atoms with Gasteiger partial charge in [0.05, 0.1) is 11.9 Å². The van der Waals surface area contributed by atoms with E-state index >= 15 is 0 Å². The number of nitrogens with zero attached hydrogens (tertiary/aromatic N) is 3. The van der Waals surface area contributed by atoms with Gasteiger partial charge in [0.2, 0.25) is 0 Å². The normalized spacial score (nSPS) is 9.94. The number of nitrogen functional groups attached to an aromatic ring is 1. The minimum atomic E-state index is -0.387. The number of halogens is 1. The average molecular weight is 250 g/mol. The Morgan fingerprint density at radius 2 is 2.06 bits per heavy atom. The lowest BCUT2D eigenvalue weighted by atomic mass is 10.3. The fourth-order valence-corrected chi connectivity index (χ4v) is 1.20. The Morgan fingerprint density at radius 3 is 2.65 bits per heavy atom. The van der Waals surface area contributed by atoms with Crippen LogP contribution in [0, 0.1) is 0 Å². The van der Waals surface area contributed by atoms with Crippen LogP contribution in [0.5, 0.6) is 0 Å². The molecule has 7 heteroatoms. The predicted molar refractivity (Wildman–Crippen MR) is 63.6 cm³/mol. The maximum Gasteiger partial charge on any atom is 0.275 e. The summed E-state index contributed by atoms with van der Waals surface area (Å²) in [7, 11) is 0. The monoisotopic (exact) mass is 249 g/mol. The van der Waals surface area contributed by atoms with Crippen molar-refractivity contribution >= 4 is 29.0 Å². The van der Waals surface area contributed by atoms with Crippen LogP contribution in [0.3, 0.4) is 0 Å². The van der Waals surface area contributed by atoms with Gasteiger partial charge in [-0.3, -0.25) is 4.79 Å². The second kappa shape index (κ2) is 4.75. The molecule has 0 aliphatic rings. The van der Waals surface area contributed by atoms with Crippen molar-refractivity contribution in [1.29, 1.82) is 0 Å². The van der Waals surface area contributed by atoms with Crippen LogP contribution in [0.25, 0.3) is 0 Å². The van der Waals surface area contributed by atoms with E-state index in [9.17, 15) is 4.79 Å². The van der Waals surface area contributed by atoms with Crippen LogP contribution in [-0.2, 0) is 0 Å². The molecule has 0 saturated carbocycles. The quantitative estimate of drug-likeness (QED) is 0.838. The fourth-order valence-electron chi connectivity index (χ4n) is 1.10. The van der Waals surface area contributed by atoms with Gasteiger partial charge < -0.3 is 11.1 Å². The van der Waals surface area contributed by atoms with E-state index in [4.69, 9.17) is 17.3 Å². The molecule has 86 valence electrons. The molecule has 1 amide bonds. The van der Waals surface area contributed by atoms with Crippen LogP contribution < -0.4 is 11.1 Å². The van der Waals surface area contributed by atoms with Gasteiger partial charge in [-0.15, -0.1) is 10.2 Å². The summed E-state index contributed by atoms with van der Waals surface area (Å²) in [5.74, 6) is -0.0837. The number of carbonyl (C=O) groups is 1. The molecule has 0 aromatic carbocycles. The molecule has 0 spiro atoms. The molecule has 6 nitrogen and oxygen atoms in total. The number of pyridine rings is 1. The first-order chi connectivity index (χ1) is 8.15. The molecule has 0 radical (unpaired) electrons. The van der Waals surface area contributed by atoms with Crippen molar-refractivity contribution in [3.05, 3.63) is 41.3 Å². The number of carbonyl (C=O) groups excluding carboxylic acids is 1. The highest BCUT2D eigenvalue weighted by Crippen LogP contribution is 2.08. The van der Waals surface area contributed by atoms with E-state index < -0.39 is 0 Å². The fraction of sp³-hybridized carbons (Fsp3) is 0. The van der Waals surface area contributed by atoms with Crippen LogP contribution in [0.4, 0.5) is 11.5 Å². The highest BCUT2D eigenvalue weighted by molar-refractivity contribution is 6.29. The lowest BCUT2D eigenvalue weighted by Crippen LogP contribution is -2.14. The molecule has 0 fully saturated rings. The van der Waals surface area contributed by atoms with Gasteiger partial charge in [-0.1, -0.05) is 11.6 Å². The maximum atomic E-state index is 11.7. The Hall–Kier alpha value is -2.21. The Balaban J connectivity index is 2.11. The smallest absolute Gasteiger partial charge is 0.275 e. The summed E-state index contributed by atoms with van der Waals surface area (Å²) in [6.45, 7) is 0. The molecule has 3 N–H and O–H groups in total. The first-order valence-electron chi connectivity index (χ1n) is 4.67. The van der Waals surface area contributed by atoms with Crippen molar-refractivity contribution in [3.63, 3.8) is 0 Å². The number of aromatic nitrogens is 3. The molecule has 2 rings (SSSR count). The lowest BCUT2D eigenvalue weighted by Gasteiger charge is -2.02. The summed E-state index contributed by atoms with van der Waals surface area (Å²) in [6, 6.07) is 6.19. The van der Waals surface area contributed by atoms with Crippen LogP contribution in [0.1, 0.15) is 10.5 Å². The average Bonchev–Trinajstić information content (AvgIpc) is 2.33. The molecule has 17 heavy (non-hydrogen) atoms. The van der Waals surface area contributed by atoms with Crippen molar-refractivity contribution in [2.45, 2.75) is 0 Å². The van der Waals surface area contributed by atoms with Gasteiger partial charge in [-0.05, 0) is 24.3 Å². The highest BCUT2D eigenvalue weighted by Gasteiger charge is 2.08. The summed E-state index contributed by atoms with van der Waals surface area (Å²) in [6.07, 6.45) is 1.41. The maximum absolute atomic E-state index is 11.7. The molecule has 0 aliphatic heterocycles. The standard InChI is InChI=1S/C10H8ClN5O/c11-8-3-4-9(16-15-8)14-10(17)7-2-1-6(12)5-13-7/h1-5H,12H2,(H,14,16,17). The second-order valence-corrected chi connectivity index (χ2v) is 3.56. The number of amides is 1. The predicted octanol–water partition coefficient (Wildman–Crippen LogP) is 1.36. The summed E-state index contributed by atoms with van der Waals surface area (Å²) in [4.78, 5) is 15.6. The topological polar surface area (TPSA) is 93.8 Å². The zero-order valence-corrected chi connectivity index (χ0v) is 9.35. The SMILES string of the molecule is Nc1ccc(C(=O)Nc2ccc(Cl)nn2)nc1. The highest BCUT2D eigenvalue weighted by atomic mass is 35.5. The second-order valence-electron chi connectivity index (χ2n) is 3.17. The van der Waals surface area contributed by atoms with E-state index in [-0.39, 0.29) is 16.8 Å². The molecule has 0 aliphatic carbocycles. The summed E-state index contributed by atoms with van der Waals surface area (Å²) in [5.41, 5.74) is 6.20. The molecule has 0 unspecified atom stereocenters. The number of anilines is 2. The van der Waals surface area contributed by atoms with Gasteiger partial charge in [-0.2, -0.15) is 0 Å². The first kappa shape index (κ1) is 11.3. The molecule has 0 saturated heterocycles. The zero-order valence-electron chi connectivity index (χ0n) is 8.59. The Kier molecular flexibility index (Phi) is 3.15. The van der Waals surface area contributed by atoms with E-state index in [1.807, 2.05) is 0 Å².